The minimum atomic E-state index is -0.313. The van der Waals surface area contributed by atoms with Crippen LogP contribution in [0.5, 0.6) is 0 Å². The quantitative estimate of drug-likeness (QED) is 0.393. The molecule has 25 heavy (non-hydrogen) atoms. The van der Waals surface area contributed by atoms with Crippen LogP contribution < -0.4 is 24.8 Å². The summed E-state index contributed by atoms with van der Waals surface area (Å²) in [5, 5.41) is 0. The Morgan fingerprint density at radius 2 is 1.64 bits per heavy atom. The van der Waals surface area contributed by atoms with Gasteiger partial charge in [-0.05, 0) is 31.1 Å². The number of fused-ring (bicyclic) bond motifs is 2. The van der Waals surface area contributed by atoms with Gasteiger partial charge in [-0.25, -0.2) is 5.57 Å². The zero-order chi connectivity index (χ0) is 16.9. The van der Waals surface area contributed by atoms with Crippen molar-refractivity contribution in [1.82, 2.24) is 0 Å². The minimum absolute atomic E-state index is 0. The van der Waals surface area contributed by atoms with Crippen LogP contribution in [0, 0.1) is 29.7 Å². The molecule has 1 amide bonds. The molecule has 1 radical (unpaired) electrons. The molecule has 0 aliphatic heterocycles. The van der Waals surface area contributed by atoms with E-state index in [4.69, 9.17) is 5.73 Å². The number of allylic oxidation sites excluding steroid dienone is 4. The Bertz CT molecular complexity index is 468. The van der Waals surface area contributed by atoms with Gasteiger partial charge in [0.2, 0.25) is 0 Å². The molecule has 2 fully saturated rings. The molecule has 6 heteroatoms. The van der Waals surface area contributed by atoms with Gasteiger partial charge in [-0.15, -0.1) is 6.92 Å². The SMILES string of the molecule is CC1=[C-]C(C)C(C)=C1C.C[SiH]C.[Cl-].[Cl-].[NH-]C(=O)C1CC2CCC1C2.[Ti+4]. The Morgan fingerprint density at radius 3 is 1.80 bits per heavy atom. The second kappa shape index (κ2) is 14.5. The molecular weight excluding hydrogens is 405 g/mol. The summed E-state index contributed by atoms with van der Waals surface area (Å²) in [4.78, 5) is 10.7. The van der Waals surface area contributed by atoms with E-state index >= 15 is 0 Å². The van der Waals surface area contributed by atoms with Crippen molar-refractivity contribution in [3.63, 3.8) is 0 Å². The fourth-order valence-electron chi connectivity index (χ4n) is 3.73. The molecule has 0 aromatic carbocycles. The van der Waals surface area contributed by atoms with E-state index in [1.165, 1.54) is 36.0 Å². The summed E-state index contributed by atoms with van der Waals surface area (Å²) >= 11 is 0. The number of carbonyl (C=O) groups is 1. The van der Waals surface area contributed by atoms with E-state index in [1.54, 1.807) is 0 Å². The number of nitrogens with one attached hydrogen (secondary N) is 1. The largest absolute Gasteiger partial charge is 4.00 e. The molecule has 1 N–H and O–H groups in total. The first-order valence-electron chi connectivity index (χ1n) is 8.59. The molecule has 2 saturated carbocycles. The van der Waals surface area contributed by atoms with Crippen LogP contribution in [0.25, 0.3) is 5.73 Å². The Labute approximate surface area is 184 Å². The van der Waals surface area contributed by atoms with Crippen molar-refractivity contribution < 1.29 is 51.3 Å². The maximum Gasteiger partial charge on any atom is 4.00 e. The summed E-state index contributed by atoms with van der Waals surface area (Å²) < 4.78 is 0. The van der Waals surface area contributed by atoms with Crippen LogP contribution in [0.4, 0.5) is 0 Å². The van der Waals surface area contributed by atoms with Gasteiger partial charge < -0.3 is 35.3 Å². The smallest absolute Gasteiger partial charge is 1.00 e. The van der Waals surface area contributed by atoms with Crippen LogP contribution in [0.3, 0.4) is 0 Å². The summed E-state index contributed by atoms with van der Waals surface area (Å²) in [7, 11) is 0.750. The summed E-state index contributed by atoms with van der Waals surface area (Å²) in [5.41, 5.74) is 11.2. The van der Waals surface area contributed by atoms with E-state index in [0.29, 0.717) is 11.8 Å². The van der Waals surface area contributed by atoms with Crippen molar-refractivity contribution >= 4 is 15.4 Å². The number of amides is 1. The third kappa shape index (κ3) is 8.79. The Hall–Kier alpha value is 0.461. The van der Waals surface area contributed by atoms with E-state index < -0.39 is 0 Å². The fraction of sp³-hybridized carbons (Fsp3) is 0.737. The van der Waals surface area contributed by atoms with Gasteiger partial charge in [-0.3, -0.25) is 6.08 Å². The van der Waals surface area contributed by atoms with Gasteiger partial charge in [-0.2, -0.15) is 11.1 Å². The summed E-state index contributed by atoms with van der Waals surface area (Å²) in [5.74, 6) is 1.76. The molecule has 3 aliphatic rings. The Balaban J connectivity index is -0.000000305. The molecule has 2 bridgehead atoms. The average molecular weight is 437 g/mol. The van der Waals surface area contributed by atoms with Gasteiger partial charge >= 0.3 is 21.7 Å². The number of hydrogen-bond acceptors (Lipinski definition) is 1. The van der Waals surface area contributed by atoms with E-state index in [9.17, 15) is 4.79 Å². The Morgan fingerprint density at radius 1 is 1.12 bits per heavy atom. The van der Waals surface area contributed by atoms with Crippen LogP contribution in [0.2, 0.25) is 13.1 Å². The van der Waals surface area contributed by atoms with Gasteiger partial charge in [0.15, 0.2) is 0 Å². The number of hydrogen-bond donors (Lipinski definition) is 0. The molecule has 0 aromatic rings. The molecule has 2 nitrogen and oxygen atoms in total. The van der Waals surface area contributed by atoms with Crippen molar-refractivity contribution in [2.75, 3.05) is 0 Å². The average Bonchev–Trinajstić information content (AvgIpc) is 3.14. The predicted octanol–water partition coefficient (Wildman–Crippen LogP) is -0.752. The minimum Gasteiger partial charge on any atom is -1.00 e. The van der Waals surface area contributed by atoms with Crippen molar-refractivity contribution in [2.45, 2.75) is 66.5 Å². The second-order valence-electron chi connectivity index (χ2n) is 7.02. The zero-order valence-corrected chi connectivity index (χ0v) is 20.6. The van der Waals surface area contributed by atoms with Crippen molar-refractivity contribution in [3.05, 3.63) is 28.5 Å². The number of rotatable bonds is 1. The Kier molecular flexibility index (Phi) is 17.5. The van der Waals surface area contributed by atoms with E-state index in [2.05, 4.69) is 46.9 Å². The summed E-state index contributed by atoms with van der Waals surface area (Å²) in [6, 6.07) is 0. The standard InChI is InChI=1S/C9H13.C8H13NO.C2H7Si.2ClH.Ti/c1-6-5-7(2)9(4)8(6)3;9-8(10)7-4-5-1-2-6(7)3-5;1-3-2;;;/h6H,1-4H3;5-7H,1-4H2,(H2,9,10);3H,1-2H3;2*1H;/q-1;;;;;+4/p-3. The van der Waals surface area contributed by atoms with E-state index in [1.807, 2.05) is 0 Å². The normalized spacial score (nSPS) is 28.2. The number of carbonyl (C=O) groups excluding carboxylic acids is 1. The third-order valence-corrected chi connectivity index (χ3v) is 5.31. The van der Waals surface area contributed by atoms with E-state index in [-0.39, 0.29) is 58.4 Å². The summed E-state index contributed by atoms with van der Waals surface area (Å²) in [6.07, 6.45) is 8.13. The molecule has 0 saturated heterocycles. The van der Waals surface area contributed by atoms with E-state index in [0.717, 1.165) is 21.9 Å². The van der Waals surface area contributed by atoms with Crippen LogP contribution in [0.15, 0.2) is 16.7 Å². The molecule has 3 rings (SSSR count). The molecule has 0 aromatic heterocycles. The topological polar surface area (TPSA) is 40.9 Å². The molecule has 4 unspecified atom stereocenters. The predicted molar refractivity (Wildman–Crippen MR) is 97.1 cm³/mol. The second-order valence-corrected chi connectivity index (χ2v) is 8.18. The molecule has 4 atom stereocenters. The first-order valence-corrected chi connectivity index (χ1v) is 10.9. The summed E-state index contributed by atoms with van der Waals surface area (Å²) in [6.45, 7) is 13.1. The number of halogens is 2. The van der Waals surface area contributed by atoms with Crippen molar-refractivity contribution in [1.29, 1.82) is 0 Å². The van der Waals surface area contributed by atoms with Gasteiger partial charge in [0.1, 0.15) is 0 Å². The van der Waals surface area contributed by atoms with Crippen LogP contribution in [0.1, 0.15) is 53.4 Å². The molecule has 3 aliphatic carbocycles. The maximum absolute atomic E-state index is 10.7. The fourth-order valence-corrected chi connectivity index (χ4v) is 3.73. The molecular formula is C19H32Cl2NOSiTi. The zero-order valence-electron chi connectivity index (χ0n) is 16.4. The van der Waals surface area contributed by atoms with Gasteiger partial charge in [0, 0.05) is 15.4 Å². The van der Waals surface area contributed by atoms with Crippen LogP contribution in [-0.2, 0) is 26.5 Å². The van der Waals surface area contributed by atoms with Gasteiger partial charge in [-0.1, -0.05) is 46.2 Å². The third-order valence-electron chi connectivity index (χ3n) is 5.31. The first kappa shape index (κ1) is 30.2. The first-order chi connectivity index (χ1) is 10.3. The van der Waals surface area contributed by atoms with Gasteiger partial charge in [0.25, 0.3) is 0 Å². The van der Waals surface area contributed by atoms with Crippen LogP contribution in [-0.4, -0.2) is 15.4 Å². The van der Waals surface area contributed by atoms with Crippen LogP contribution >= 0.6 is 0 Å². The maximum atomic E-state index is 10.7. The molecule has 0 spiro atoms. The monoisotopic (exact) mass is 436 g/mol. The molecule has 0 heterocycles. The molecule has 141 valence electrons. The van der Waals surface area contributed by atoms with Crippen molar-refractivity contribution in [3.8, 4) is 0 Å². The van der Waals surface area contributed by atoms with Gasteiger partial charge in [0.05, 0.1) is 5.91 Å². The van der Waals surface area contributed by atoms with Crippen molar-refractivity contribution in [2.24, 2.45) is 23.7 Å².